The van der Waals surface area contributed by atoms with Crippen molar-refractivity contribution in [3.05, 3.63) is 57.6 Å². The number of nitrogens with one attached hydrogen (secondary N) is 2. The normalized spacial score (nSPS) is 16.8. The van der Waals surface area contributed by atoms with Gasteiger partial charge in [0.2, 0.25) is 11.8 Å². The second kappa shape index (κ2) is 14.9. The van der Waals surface area contributed by atoms with Crippen LogP contribution in [0.15, 0.2) is 24.3 Å². The number of carbonyl (C=O) groups excluding carboxylic acids is 2. The molecule has 4 heteroatoms. The van der Waals surface area contributed by atoms with E-state index in [0.717, 1.165) is 69.2 Å². The number of benzene rings is 2. The monoisotopic (exact) mass is 586 g/mol. The van der Waals surface area contributed by atoms with Crippen LogP contribution in [0.2, 0.25) is 0 Å². The van der Waals surface area contributed by atoms with E-state index in [0.29, 0.717) is 23.7 Å². The molecule has 2 saturated carbocycles. The number of hydrogen-bond acceptors (Lipinski definition) is 2. The Morgan fingerprint density at radius 3 is 1.07 bits per heavy atom. The van der Waals surface area contributed by atoms with Gasteiger partial charge in [-0.1, -0.05) is 118 Å². The highest BCUT2D eigenvalue weighted by molar-refractivity contribution is 5.95. The van der Waals surface area contributed by atoms with Crippen LogP contribution >= 0.6 is 0 Å². The predicted molar refractivity (Wildman–Crippen MR) is 182 cm³/mol. The summed E-state index contributed by atoms with van der Waals surface area (Å²) in [6.07, 6.45) is 12.0. The Morgan fingerprint density at radius 2 is 0.814 bits per heavy atom. The predicted octanol–water partition coefficient (Wildman–Crippen LogP) is 10.8. The second-order valence-electron chi connectivity index (χ2n) is 14.7. The Bertz CT molecular complexity index is 1100. The summed E-state index contributed by atoms with van der Waals surface area (Å²) in [7, 11) is 0. The molecule has 2 fully saturated rings. The van der Waals surface area contributed by atoms with Crippen LogP contribution in [0, 0.1) is 11.8 Å². The molecule has 2 N–H and O–H groups in total. The molecule has 0 bridgehead atoms. The van der Waals surface area contributed by atoms with Crippen LogP contribution in [0.1, 0.15) is 177 Å². The van der Waals surface area contributed by atoms with Gasteiger partial charge >= 0.3 is 0 Å². The number of hydrogen-bond donors (Lipinski definition) is 2. The lowest BCUT2D eigenvalue weighted by Crippen LogP contribution is -2.26. The smallest absolute Gasteiger partial charge is 0.227 e. The summed E-state index contributed by atoms with van der Waals surface area (Å²) in [5.74, 6) is 1.87. The highest BCUT2D eigenvalue weighted by Gasteiger charge is 2.26. The fraction of sp³-hybridized carbons (Fsp3) is 0.641. The third-order valence-corrected chi connectivity index (χ3v) is 9.86. The van der Waals surface area contributed by atoms with Gasteiger partial charge in [-0.25, -0.2) is 0 Å². The van der Waals surface area contributed by atoms with Gasteiger partial charge < -0.3 is 10.6 Å². The molecule has 0 unspecified atom stereocenters. The zero-order valence-corrected chi connectivity index (χ0v) is 28.4. The average Bonchev–Trinajstić information content (AvgIpc) is 2.98. The summed E-state index contributed by atoms with van der Waals surface area (Å²) < 4.78 is 0. The topological polar surface area (TPSA) is 58.2 Å². The van der Waals surface area contributed by atoms with E-state index in [2.05, 4.69) is 90.3 Å². The fourth-order valence-corrected chi connectivity index (χ4v) is 7.23. The van der Waals surface area contributed by atoms with Crippen molar-refractivity contribution in [2.45, 2.75) is 150 Å². The zero-order valence-electron chi connectivity index (χ0n) is 28.4. The molecule has 0 aliphatic heterocycles. The van der Waals surface area contributed by atoms with Crippen molar-refractivity contribution in [1.82, 2.24) is 0 Å². The molecular formula is C39H58N2O2. The van der Waals surface area contributed by atoms with E-state index in [9.17, 15) is 9.59 Å². The van der Waals surface area contributed by atoms with Gasteiger partial charge in [0.25, 0.3) is 0 Å². The van der Waals surface area contributed by atoms with Crippen molar-refractivity contribution in [3.63, 3.8) is 0 Å². The van der Waals surface area contributed by atoms with E-state index in [1.54, 1.807) is 0 Å². The molecule has 0 spiro atoms. The zero-order chi connectivity index (χ0) is 31.3. The molecule has 2 amide bonds. The minimum atomic E-state index is 0.134. The minimum Gasteiger partial charge on any atom is -0.325 e. The van der Waals surface area contributed by atoms with E-state index in [1.165, 1.54) is 46.2 Å². The van der Waals surface area contributed by atoms with Crippen molar-refractivity contribution in [3.8, 4) is 0 Å². The van der Waals surface area contributed by atoms with Gasteiger partial charge in [0.1, 0.15) is 0 Å². The van der Waals surface area contributed by atoms with Crippen LogP contribution in [0.25, 0.3) is 0 Å². The summed E-state index contributed by atoms with van der Waals surface area (Å²) >= 11 is 0. The standard InChI is InChI=1S/C39H58N2O2/c1-24(2)32-20-28(21-33(25(3)4)36(32)40-38(42)30-15-11-9-12-16-30)19-29-22-34(26(5)6)37(35(23-29)27(7)8)41-39(43)31-17-13-10-14-18-31/h20-27,30-31H,9-19H2,1-8H3,(H,40,42)(H,41,43). The third kappa shape index (κ3) is 8.31. The maximum atomic E-state index is 13.4. The van der Waals surface area contributed by atoms with Crippen LogP contribution in [-0.4, -0.2) is 11.8 Å². The van der Waals surface area contributed by atoms with E-state index >= 15 is 0 Å². The van der Waals surface area contributed by atoms with E-state index in [4.69, 9.17) is 0 Å². The number of rotatable bonds is 10. The largest absolute Gasteiger partial charge is 0.325 e. The molecule has 4 rings (SSSR count). The number of carbonyl (C=O) groups is 2. The molecule has 4 nitrogen and oxygen atoms in total. The van der Waals surface area contributed by atoms with Crippen molar-refractivity contribution >= 4 is 23.2 Å². The summed E-state index contributed by atoms with van der Waals surface area (Å²) in [6.45, 7) is 17.9. The SMILES string of the molecule is CC(C)c1cc(Cc2cc(C(C)C)c(NC(=O)C3CCCCC3)c(C(C)C)c2)cc(C(C)C)c1NC(=O)C1CCCCC1. The van der Waals surface area contributed by atoms with Crippen molar-refractivity contribution in [2.75, 3.05) is 10.6 Å². The van der Waals surface area contributed by atoms with Crippen LogP contribution in [-0.2, 0) is 16.0 Å². The first-order valence-corrected chi connectivity index (χ1v) is 17.4. The van der Waals surface area contributed by atoms with Crippen LogP contribution < -0.4 is 10.6 Å². The van der Waals surface area contributed by atoms with Gasteiger partial charge in [-0.15, -0.1) is 0 Å². The molecule has 0 heterocycles. The molecule has 2 aromatic rings. The first-order valence-electron chi connectivity index (χ1n) is 17.4. The van der Waals surface area contributed by atoms with Crippen LogP contribution in [0.4, 0.5) is 11.4 Å². The van der Waals surface area contributed by atoms with Gasteiger partial charge in [0.15, 0.2) is 0 Å². The van der Waals surface area contributed by atoms with E-state index in [-0.39, 0.29) is 23.7 Å². The molecule has 0 radical (unpaired) electrons. The minimum absolute atomic E-state index is 0.134. The summed E-state index contributed by atoms with van der Waals surface area (Å²) in [6, 6.07) is 9.32. The van der Waals surface area contributed by atoms with Gasteiger partial charge in [-0.05, 0) is 89.2 Å². The summed E-state index contributed by atoms with van der Waals surface area (Å²) in [5.41, 5.74) is 9.57. The van der Waals surface area contributed by atoms with Crippen LogP contribution in [0.5, 0.6) is 0 Å². The van der Waals surface area contributed by atoms with Crippen molar-refractivity contribution in [2.24, 2.45) is 11.8 Å². The van der Waals surface area contributed by atoms with Gasteiger partial charge in [-0.3, -0.25) is 9.59 Å². The lowest BCUT2D eigenvalue weighted by atomic mass is 9.85. The lowest BCUT2D eigenvalue weighted by molar-refractivity contribution is -0.121. The highest BCUT2D eigenvalue weighted by Crippen LogP contribution is 2.39. The summed E-state index contributed by atoms with van der Waals surface area (Å²) in [4.78, 5) is 26.7. The molecule has 2 aliphatic rings. The second-order valence-corrected chi connectivity index (χ2v) is 14.7. The molecule has 0 aromatic heterocycles. The maximum Gasteiger partial charge on any atom is 0.227 e. The van der Waals surface area contributed by atoms with E-state index in [1.807, 2.05) is 0 Å². The molecule has 2 aliphatic carbocycles. The number of amides is 2. The van der Waals surface area contributed by atoms with Crippen LogP contribution in [0.3, 0.4) is 0 Å². The molecule has 2 aromatic carbocycles. The first-order chi connectivity index (χ1) is 20.5. The maximum absolute atomic E-state index is 13.4. The molecule has 0 atom stereocenters. The van der Waals surface area contributed by atoms with Crippen molar-refractivity contribution < 1.29 is 9.59 Å². The van der Waals surface area contributed by atoms with Crippen molar-refractivity contribution in [1.29, 1.82) is 0 Å². The Morgan fingerprint density at radius 1 is 0.535 bits per heavy atom. The van der Waals surface area contributed by atoms with Gasteiger partial charge in [0, 0.05) is 23.2 Å². The molecule has 0 saturated heterocycles. The Hall–Kier alpha value is -2.62. The summed E-state index contributed by atoms with van der Waals surface area (Å²) in [5, 5.41) is 6.85. The highest BCUT2D eigenvalue weighted by atomic mass is 16.2. The fourth-order valence-electron chi connectivity index (χ4n) is 7.23. The Labute approximate surface area is 262 Å². The van der Waals surface area contributed by atoms with Gasteiger partial charge in [-0.2, -0.15) is 0 Å². The molecule has 236 valence electrons. The Balaban J connectivity index is 1.69. The first kappa shape index (κ1) is 33.3. The Kier molecular flexibility index (Phi) is 11.5. The lowest BCUT2D eigenvalue weighted by Gasteiger charge is -2.27. The quantitative estimate of drug-likeness (QED) is 0.291. The number of anilines is 2. The molecular weight excluding hydrogens is 528 g/mol. The average molecular weight is 587 g/mol. The van der Waals surface area contributed by atoms with Gasteiger partial charge in [0.05, 0.1) is 0 Å². The molecule has 43 heavy (non-hydrogen) atoms. The third-order valence-electron chi connectivity index (χ3n) is 9.86. The van der Waals surface area contributed by atoms with E-state index < -0.39 is 0 Å².